The molecule has 0 spiro atoms. The van der Waals surface area contributed by atoms with Crippen LogP contribution in [0.3, 0.4) is 0 Å². The van der Waals surface area contributed by atoms with E-state index in [4.69, 9.17) is 19.3 Å². The van der Waals surface area contributed by atoms with Crippen LogP contribution in [0.15, 0.2) is 30.5 Å². The second-order valence-electron chi connectivity index (χ2n) is 10.1. The molecule has 2 saturated heterocycles. The van der Waals surface area contributed by atoms with Gasteiger partial charge in [-0.05, 0) is 38.5 Å². The zero-order chi connectivity index (χ0) is 28.7. The van der Waals surface area contributed by atoms with Crippen molar-refractivity contribution in [2.24, 2.45) is 0 Å². The molecular formula is C25H29F3N6O6. The monoisotopic (exact) mass is 566 g/mol. The fourth-order valence-electron chi connectivity index (χ4n) is 4.83. The number of carbonyl (C=O) groups is 2. The number of anilines is 3. The summed E-state index contributed by atoms with van der Waals surface area (Å²) in [6, 6.07) is 2.72. The zero-order valence-electron chi connectivity index (χ0n) is 21.8. The predicted molar refractivity (Wildman–Crippen MR) is 135 cm³/mol. The highest BCUT2D eigenvalue weighted by atomic mass is 19.4. The first-order valence-corrected chi connectivity index (χ1v) is 12.7. The van der Waals surface area contributed by atoms with Crippen LogP contribution in [0.1, 0.15) is 30.8 Å². The van der Waals surface area contributed by atoms with Crippen LogP contribution in [0.25, 0.3) is 0 Å². The van der Waals surface area contributed by atoms with Crippen molar-refractivity contribution in [2.75, 3.05) is 48.0 Å². The number of aliphatic hydroxyl groups excluding tert-OH is 1. The molecule has 0 saturated carbocycles. The Morgan fingerprint density at radius 2 is 2.10 bits per heavy atom. The van der Waals surface area contributed by atoms with Gasteiger partial charge in [-0.1, -0.05) is 0 Å². The lowest BCUT2D eigenvalue weighted by atomic mass is 10.1. The third kappa shape index (κ3) is 5.90. The van der Waals surface area contributed by atoms with Crippen molar-refractivity contribution in [1.82, 2.24) is 15.3 Å². The summed E-state index contributed by atoms with van der Waals surface area (Å²) in [6.45, 7) is 4.10. The predicted octanol–water partition coefficient (Wildman–Crippen LogP) is 2.29. The SMILES string of the molecule is CC1(C)OC[C@H](COc2ccnc(NC(=O)N3c4nc(C(=O)NC(CO)C(F)(F)F)ccc4N4CCC3C4)c2)O1. The van der Waals surface area contributed by atoms with E-state index in [1.807, 2.05) is 18.7 Å². The molecule has 12 nitrogen and oxygen atoms in total. The molecule has 2 bridgehead atoms. The highest BCUT2D eigenvalue weighted by Crippen LogP contribution is 2.39. The number of urea groups is 1. The second kappa shape index (κ2) is 10.7. The van der Waals surface area contributed by atoms with Gasteiger partial charge in [-0.25, -0.2) is 14.8 Å². The molecule has 0 aromatic carbocycles. The summed E-state index contributed by atoms with van der Waals surface area (Å²) in [5.41, 5.74) is 0.248. The minimum atomic E-state index is -4.84. The van der Waals surface area contributed by atoms with E-state index in [0.29, 0.717) is 37.6 Å². The van der Waals surface area contributed by atoms with Crippen LogP contribution in [-0.2, 0) is 9.47 Å². The summed E-state index contributed by atoms with van der Waals surface area (Å²) in [7, 11) is 0. The Morgan fingerprint density at radius 1 is 1.30 bits per heavy atom. The quantitative estimate of drug-likeness (QED) is 0.461. The standard InChI is InChI=1S/C25H29F3N6O6/c1-24(2)39-13-16(40-24)12-38-15-5-7-29-20(9-15)32-23(37)34-14-6-8-33(10-14)18-4-3-17(30-21(18)34)22(36)31-19(11-35)25(26,27)28/h3-5,7,9,14,16,19,35H,6,8,10-13H2,1-2H3,(H,31,36)(H,29,32,37)/t14?,16-,19?/m0/s1. The number of aliphatic hydroxyl groups is 1. The summed E-state index contributed by atoms with van der Waals surface area (Å²) in [5, 5.41) is 13.5. The Morgan fingerprint density at radius 3 is 2.80 bits per heavy atom. The number of alkyl halides is 3. The number of ether oxygens (including phenoxy) is 3. The van der Waals surface area contributed by atoms with E-state index in [1.165, 1.54) is 17.2 Å². The Hall–Kier alpha value is -3.69. The van der Waals surface area contributed by atoms with Crippen molar-refractivity contribution < 1.29 is 42.1 Å². The molecule has 5 heterocycles. The maximum Gasteiger partial charge on any atom is 0.410 e. The molecule has 3 amide bonds. The van der Waals surface area contributed by atoms with Gasteiger partial charge in [0, 0.05) is 25.4 Å². The minimum absolute atomic E-state index is 0.139. The molecule has 2 fully saturated rings. The largest absolute Gasteiger partial charge is 0.491 e. The first kappa shape index (κ1) is 27.9. The van der Waals surface area contributed by atoms with Gasteiger partial charge in [-0.2, -0.15) is 13.2 Å². The lowest BCUT2D eigenvalue weighted by Crippen LogP contribution is -2.49. The van der Waals surface area contributed by atoms with Crippen molar-refractivity contribution >= 4 is 29.3 Å². The summed E-state index contributed by atoms with van der Waals surface area (Å²) in [5.74, 6) is -1.01. The zero-order valence-corrected chi connectivity index (χ0v) is 21.8. The Kier molecular flexibility index (Phi) is 7.46. The number of nitrogens with zero attached hydrogens (tertiary/aromatic N) is 4. The van der Waals surface area contributed by atoms with Crippen molar-refractivity contribution in [3.05, 3.63) is 36.2 Å². The van der Waals surface area contributed by atoms with Crippen molar-refractivity contribution in [1.29, 1.82) is 0 Å². The molecule has 3 aliphatic heterocycles. The van der Waals surface area contributed by atoms with Crippen LogP contribution in [0, 0.1) is 0 Å². The van der Waals surface area contributed by atoms with E-state index in [2.05, 4.69) is 15.3 Å². The number of hydrogen-bond donors (Lipinski definition) is 3. The minimum Gasteiger partial charge on any atom is -0.491 e. The van der Waals surface area contributed by atoms with Crippen LogP contribution in [0.5, 0.6) is 5.75 Å². The Bertz CT molecular complexity index is 1280. The summed E-state index contributed by atoms with van der Waals surface area (Å²) < 4.78 is 56.2. The molecule has 2 aromatic heterocycles. The van der Waals surface area contributed by atoms with Crippen molar-refractivity contribution in [3.63, 3.8) is 0 Å². The van der Waals surface area contributed by atoms with Crippen molar-refractivity contribution in [3.8, 4) is 5.75 Å². The number of nitrogens with one attached hydrogen (secondary N) is 2. The maximum atomic E-state index is 13.5. The van der Waals surface area contributed by atoms with Crippen molar-refractivity contribution in [2.45, 2.75) is 50.4 Å². The third-order valence-electron chi connectivity index (χ3n) is 6.76. The molecule has 3 aliphatic rings. The van der Waals surface area contributed by atoms with Crippen LogP contribution in [0.4, 0.5) is 35.3 Å². The number of hydrogen-bond acceptors (Lipinski definition) is 9. The number of rotatable bonds is 7. The molecule has 2 aromatic rings. The molecule has 40 heavy (non-hydrogen) atoms. The van der Waals surface area contributed by atoms with Gasteiger partial charge in [-0.15, -0.1) is 0 Å². The smallest absolute Gasteiger partial charge is 0.410 e. The number of amides is 3. The van der Waals surface area contributed by atoms with Gasteiger partial charge in [0.1, 0.15) is 36.0 Å². The number of halogens is 3. The van der Waals surface area contributed by atoms with E-state index in [0.717, 1.165) is 0 Å². The second-order valence-corrected chi connectivity index (χ2v) is 10.1. The molecular weight excluding hydrogens is 537 g/mol. The van der Waals surface area contributed by atoms with E-state index in [1.54, 1.807) is 23.5 Å². The number of pyridine rings is 2. The third-order valence-corrected chi connectivity index (χ3v) is 6.76. The van der Waals surface area contributed by atoms with Crippen LogP contribution < -0.4 is 25.2 Å². The van der Waals surface area contributed by atoms with Gasteiger partial charge >= 0.3 is 12.2 Å². The van der Waals surface area contributed by atoms with Crippen LogP contribution in [-0.4, -0.2) is 90.1 Å². The lowest BCUT2D eigenvalue weighted by Gasteiger charge is -2.35. The number of aromatic nitrogens is 2. The lowest BCUT2D eigenvalue weighted by molar-refractivity contribution is -0.161. The van der Waals surface area contributed by atoms with Gasteiger partial charge in [0.2, 0.25) is 0 Å². The average Bonchev–Trinajstić information content (AvgIpc) is 3.48. The average molecular weight is 567 g/mol. The fourth-order valence-corrected chi connectivity index (χ4v) is 4.83. The van der Waals surface area contributed by atoms with Crippen LogP contribution >= 0.6 is 0 Å². The number of fused-ring (bicyclic) bond motifs is 4. The normalized spacial score (nSPS) is 22.1. The molecule has 3 N–H and O–H groups in total. The Labute approximate surface area is 227 Å². The summed E-state index contributed by atoms with van der Waals surface area (Å²) in [6.07, 6.45) is -2.99. The topological polar surface area (TPSA) is 138 Å². The molecule has 0 aliphatic carbocycles. The van der Waals surface area contributed by atoms with E-state index >= 15 is 0 Å². The molecule has 3 atom stereocenters. The van der Waals surface area contributed by atoms with Gasteiger partial charge in [0.25, 0.3) is 5.91 Å². The number of carbonyl (C=O) groups excluding carboxylic acids is 2. The molecule has 5 rings (SSSR count). The molecule has 216 valence electrons. The maximum absolute atomic E-state index is 13.5. The molecule has 15 heteroatoms. The first-order chi connectivity index (χ1) is 18.9. The summed E-state index contributed by atoms with van der Waals surface area (Å²) in [4.78, 5) is 37.9. The van der Waals surface area contributed by atoms with E-state index in [-0.39, 0.29) is 36.1 Å². The Balaban J connectivity index is 1.31. The highest BCUT2D eigenvalue weighted by molar-refractivity contribution is 6.05. The van der Waals surface area contributed by atoms with E-state index in [9.17, 15) is 22.8 Å². The molecule has 0 radical (unpaired) electrons. The summed E-state index contributed by atoms with van der Waals surface area (Å²) >= 11 is 0. The van der Waals surface area contributed by atoms with E-state index < -0.39 is 36.6 Å². The van der Waals surface area contributed by atoms with Gasteiger partial charge in [0.05, 0.1) is 24.9 Å². The van der Waals surface area contributed by atoms with Gasteiger partial charge < -0.3 is 29.5 Å². The first-order valence-electron chi connectivity index (χ1n) is 12.7. The van der Waals surface area contributed by atoms with Crippen LogP contribution in [0.2, 0.25) is 0 Å². The van der Waals surface area contributed by atoms with Gasteiger partial charge in [0.15, 0.2) is 11.6 Å². The fraction of sp³-hybridized carbons (Fsp3) is 0.520. The molecule has 2 unspecified atom stereocenters. The van der Waals surface area contributed by atoms with Gasteiger partial charge in [-0.3, -0.25) is 15.0 Å². The highest BCUT2D eigenvalue weighted by Gasteiger charge is 2.42.